The highest BCUT2D eigenvalue weighted by atomic mass is 32.2. The van der Waals surface area contributed by atoms with Crippen LogP contribution in [0.3, 0.4) is 0 Å². The fourth-order valence-electron chi connectivity index (χ4n) is 2.21. The first kappa shape index (κ1) is 14.5. The Morgan fingerprint density at radius 2 is 2.26 bits per heavy atom. The molecule has 1 fully saturated rings. The van der Waals surface area contributed by atoms with Crippen LogP contribution in [0, 0.1) is 0 Å². The van der Waals surface area contributed by atoms with Gasteiger partial charge in [0.15, 0.2) is 5.03 Å². The van der Waals surface area contributed by atoms with Crippen LogP contribution in [0.15, 0.2) is 17.3 Å². The topological polar surface area (TPSA) is 64.4 Å². The SMILES string of the molecule is CCCn1nccc1S(=O)(=O)N1CCOC(CC)C1. The third kappa shape index (κ3) is 2.98. The van der Waals surface area contributed by atoms with Crippen LogP contribution >= 0.6 is 0 Å². The third-order valence-electron chi connectivity index (χ3n) is 3.27. The molecule has 1 atom stereocenters. The second-order valence-electron chi connectivity index (χ2n) is 4.66. The summed E-state index contributed by atoms with van der Waals surface area (Å²) in [6.45, 7) is 5.91. The molecule has 1 aliphatic heterocycles. The smallest absolute Gasteiger partial charge is 0.260 e. The summed E-state index contributed by atoms with van der Waals surface area (Å²) in [7, 11) is -3.46. The zero-order valence-corrected chi connectivity index (χ0v) is 12.3. The lowest BCUT2D eigenvalue weighted by Crippen LogP contribution is -2.45. The average Bonchev–Trinajstić information content (AvgIpc) is 2.88. The Bertz CT molecular complexity index is 512. The number of aromatic nitrogens is 2. The highest BCUT2D eigenvalue weighted by Crippen LogP contribution is 2.19. The number of nitrogens with zero attached hydrogens (tertiary/aromatic N) is 3. The normalized spacial score (nSPS) is 21.7. The van der Waals surface area contributed by atoms with Gasteiger partial charge in [0.1, 0.15) is 0 Å². The predicted molar refractivity (Wildman–Crippen MR) is 71.3 cm³/mol. The molecule has 0 radical (unpaired) electrons. The van der Waals surface area contributed by atoms with E-state index in [0.29, 0.717) is 26.2 Å². The summed E-state index contributed by atoms with van der Waals surface area (Å²) in [5.41, 5.74) is 0. The number of sulfonamides is 1. The first-order valence-corrected chi connectivity index (χ1v) is 8.17. The number of ether oxygens (including phenoxy) is 1. The molecule has 2 heterocycles. The van der Waals surface area contributed by atoms with E-state index in [1.165, 1.54) is 4.31 Å². The Morgan fingerprint density at radius 1 is 1.47 bits per heavy atom. The van der Waals surface area contributed by atoms with Crippen LogP contribution in [-0.2, 0) is 21.3 Å². The van der Waals surface area contributed by atoms with Crippen molar-refractivity contribution in [3.05, 3.63) is 12.3 Å². The van der Waals surface area contributed by atoms with Gasteiger partial charge in [-0.1, -0.05) is 13.8 Å². The lowest BCUT2D eigenvalue weighted by atomic mass is 10.2. The van der Waals surface area contributed by atoms with Gasteiger partial charge in [0.05, 0.1) is 18.9 Å². The number of hydrogen-bond donors (Lipinski definition) is 0. The van der Waals surface area contributed by atoms with Gasteiger partial charge in [0.2, 0.25) is 0 Å². The van der Waals surface area contributed by atoms with Crippen LogP contribution in [0.5, 0.6) is 0 Å². The van der Waals surface area contributed by atoms with Crippen LogP contribution in [0.1, 0.15) is 26.7 Å². The Hall–Kier alpha value is -0.920. The Morgan fingerprint density at radius 3 is 2.95 bits per heavy atom. The molecule has 6 nitrogen and oxygen atoms in total. The van der Waals surface area contributed by atoms with Gasteiger partial charge in [-0.15, -0.1) is 0 Å². The van der Waals surface area contributed by atoms with E-state index in [9.17, 15) is 8.42 Å². The van der Waals surface area contributed by atoms with E-state index in [-0.39, 0.29) is 11.1 Å². The molecule has 7 heteroatoms. The van der Waals surface area contributed by atoms with Crippen molar-refractivity contribution in [2.45, 2.75) is 44.4 Å². The summed E-state index contributed by atoms with van der Waals surface area (Å²) in [5, 5.41) is 4.37. The van der Waals surface area contributed by atoms with Crippen molar-refractivity contribution in [1.29, 1.82) is 0 Å². The Labute approximate surface area is 114 Å². The fourth-order valence-corrected chi connectivity index (χ4v) is 3.79. The van der Waals surface area contributed by atoms with Gasteiger partial charge in [-0.3, -0.25) is 4.68 Å². The lowest BCUT2D eigenvalue weighted by molar-refractivity contribution is -0.00292. The molecule has 0 amide bonds. The summed E-state index contributed by atoms with van der Waals surface area (Å²) < 4.78 is 33.8. The maximum absolute atomic E-state index is 12.6. The molecule has 1 aliphatic rings. The molecule has 0 saturated carbocycles. The molecule has 1 aromatic rings. The molecule has 1 unspecified atom stereocenters. The second-order valence-corrected chi connectivity index (χ2v) is 6.54. The molecule has 1 aromatic heterocycles. The molecule has 0 aliphatic carbocycles. The van der Waals surface area contributed by atoms with Crippen molar-refractivity contribution in [3.8, 4) is 0 Å². The van der Waals surface area contributed by atoms with Crippen molar-refractivity contribution in [1.82, 2.24) is 14.1 Å². The lowest BCUT2D eigenvalue weighted by Gasteiger charge is -2.31. The summed E-state index contributed by atoms with van der Waals surface area (Å²) in [6.07, 6.45) is 3.21. The molecule has 108 valence electrons. The molecule has 19 heavy (non-hydrogen) atoms. The van der Waals surface area contributed by atoms with E-state index in [0.717, 1.165) is 12.8 Å². The van der Waals surface area contributed by atoms with Crippen LogP contribution in [0.2, 0.25) is 0 Å². The van der Waals surface area contributed by atoms with Crippen LogP contribution in [-0.4, -0.2) is 48.3 Å². The van der Waals surface area contributed by atoms with Gasteiger partial charge in [0.25, 0.3) is 10.0 Å². The van der Waals surface area contributed by atoms with E-state index in [1.807, 2.05) is 13.8 Å². The number of hydrogen-bond acceptors (Lipinski definition) is 4. The van der Waals surface area contributed by atoms with E-state index in [1.54, 1.807) is 16.9 Å². The summed E-state index contributed by atoms with van der Waals surface area (Å²) in [6, 6.07) is 1.57. The largest absolute Gasteiger partial charge is 0.375 e. The molecule has 0 bridgehead atoms. The summed E-state index contributed by atoms with van der Waals surface area (Å²) in [4.78, 5) is 0. The number of morpholine rings is 1. The maximum Gasteiger partial charge on any atom is 0.260 e. The Balaban J connectivity index is 2.23. The van der Waals surface area contributed by atoms with Crippen molar-refractivity contribution < 1.29 is 13.2 Å². The molecular weight excluding hydrogens is 266 g/mol. The minimum absolute atomic E-state index is 0.00827. The van der Waals surface area contributed by atoms with Crippen LogP contribution < -0.4 is 0 Å². The van der Waals surface area contributed by atoms with E-state index >= 15 is 0 Å². The van der Waals surface area contributed by atoms with Crippen LogP contribution in [0.4, 0.5) is 0 Å². The second kappa shape index (κ2) is 6.02. The quantitative estimate of drug-likeness (QED) is 0.813. The van der Waals surface area contributed by atoms with Crippen LogP contribution in [0.25, 0.3) is 0 Å². The average molecular weight is 287 g/mol. The van der Waals surface area contributed by atoms with Gasteiger partial charge in [-0.2, -0.15) is 9.40 Å². The zero-order chi connectivity index (χ0) is 13.9. The molecule has 1 saturated heterocycles. The minimum atomic E-state index is -3.46. The zero-order valence-electron chi connectivity index (χ0n) is 11.4. The molecule has 0 spiro atoms. The van der Waals surface area contributed by atoms with Gasteiger partial charge in [0, 0.05) is 19.6 Å². The molecular formula is C12H21N3O3S. The summed E-state index contributed by atoms with van der Waals surface area (Å²) >= 11 is 0. The molecule has 0 N–H and O–H groups in total. The van der Waals surface area contributed by atoms with Crippen molar-refractivity contribution >= 4 is 10.0 Å². The highest BCUT2D eigenvalue weighted by Gasteiger charge is 2.32. The van der Waals surface area contributed by atoms with Gasteiger partial charge in [-0.25, -0.2) is 8.42 Å². The van der Waals surface area contributed by atoms with Gasteiger partial charge in [-0.05, 0) is 18.9 Å². The maximum atomic E-state index is 12.6. The predicted octanol–water partition coefficient (Wildman–Crippen LogP) is 1.09. The van der Waals surface area contributed by atoms with E-state index in [2.05, 4.69) is 5.10 Å². The standard InChI is InChI=1S/C12H21N3O3S/c1-3-7-15-12(5-6-13-15)19(16,17)14-8-9-18-11(4-2)10-14/h5-6,11H,3-4,7-10H2,1-2H3. The monoisotopic (exact) mass is 287 g/mol. The molecule has 0 aromatic carbocycles. The fraction of sp³-hybridized carbons (Fsp3) is 0.750. The van der Waals surface area contributed by atoms with Crippen molar-refractivity contribution in [2.75, 3.05) is 19.7 Å². The minimum Gasteiger partial charge on any atom is -0.375 e. The molecule has 2 rings (SSSR count). The number of rotatable bonds is 5. The van der Waals surface area contributed by atoms with Gasteiger partial charge >= 0.3 is 0 Å². The first-order valence-electron chi connectivity index (χ1n) is 6.73. The third-order valence-corrected chi connectivity index (χ3v) is 5.16. The van der Waals surface area contributed by atoms with Gasteiger partial charge < -0.3 is 4.74 Å². The van der Waals surface area contributed by atoms with Crippen molar-refractivity contribution in [2.24, 2.45) is 0 Å². The first-order chi connectivity index (χ1) is 9.09. The van der Waals surface area contributed by atoms with E-state index in [4.69, 9.17) is 4.74 Å². The number of aryl methyl sites for hydroxylation is 1. The van der Waals surface area contributed by atoms with Crippen molar-refractivity contribution in [3.63, 3.8) is 0 Å². The van der Waals surface area contributed by atoms with E-state index < -0.39 is 10.0 Å². The highest BCUT2D eigenvalue weighted by molar-refractivity contribution is 7.89. The Kier molecular flexibility index (Phi) is 4.59. The summed E-state index contributed by atoms with van der Waals surface area (Å²) in [5.74, 6) is 0.